The van der Waals surface area contributed by atoms with Gasteiger partial charge in [-0.25, -0.2) is 0 Å². The van der Waals surface area contributed by atoms with Crippen molar-refractivity contribution < 1.29 is 0 Å². The summed E-state index contributed by atoms with van der Waals surface area (Å²) in [6.45, 7) is 6.25. The number of likely N-dealkylation sites (N-methyl/N-ethyl adjacent to an activating group) is 2. The molecule has 1 saturated heterocycles. The largest absolute Gasteiger partial charge is 0.369 e. The van der Waals surface area contributed by atoms with E-state index < -0.39 is 0 Å². The van der Waals surface area contributed by atoms with E-state index in [1.165, 1.54) is 22.4 Å². The molecule has 0 bridgehead atoms. The lowest BCUT2D eigenvalue weighted by molar-refractivity contribution is 0.295. The summed E-state index contributed by atoms with van der Waals surface area (Å²) >= 11 is 12.8. The second kappa shape index (κ2) is 7.40. The highest BCUT2D eigenvalue weighted by Crippen LogP contribution is 2.39. The van der Waals surface area contributed by atoms with Crippen molar-refractivity contribution in [1.29, 1.82) is 0 Å². The lowest BCUT2D eigenvalue weighted by Crippen LogP contribution is -2.44. The third-order valence-electron chi connectivity index (χ3n) is 5.63. The molecule has 138 valence electrons. The Morgan fingerprint density at radius 2 is 1.69 bits per heavy atom. The Balaban J connectivity index is 1.69. The van der Waals surface area contributed by atoms with Crippen LogP contribution in [0.3, 0.4) is 0 Å². The van der Waals surface area contributed by atoms with E-state index in [0.717, 1.165) is 49.3 Å². The van der Waals surface area contributed by atoms with Crippen LogP contribution in [0.5, 0.6) is 0 Å². The summed E-state index contributed by atoms with van der Waals surface area (Å²) in [7, 11) is 4.35. The van der Waals surface area contributed by atoms with Crippen molar-refractivity contribution in [2.45, 2.75) is 12.5 Å². The van der Waals surface area contributed by atoms with Gasteiger partial charge in [0.2, 0.25) is 0 Å². The van der Waals surface area contributed by atoms with Crippen molar-refractivity contribution in [2.24, 2.45) is 0 Å². The summed E-state index contributed by atoms with van der Waals surface area (Å²) in [6, 6.07) is 13.0. The van der Waals surface area contributed by atoms with Gasteiger partial charge < -0.3 is 14.7 Å². The van der Waals surface area contributed by atoms with Gasteiger partial charge in [-0.05, 0) is 55.1 Å². The molecule has 0 amide bonds. The summed E-state index contributed by atoms with van der Waals surface area (Å²) in [5.41, 5.74) is 5.14. The van der Waals surface area contributed by atoms with E-state index >= 15 is 0 Å². The first-order valence-corrected chi connectivity index (χ1v) is 9.96. The van der Waals surface area contributed by atoms with E-state index in [-0.39, 0.29) is 0 Å². The standard InChI is InChI=1S/C21H25Cl2N3/c1-24-6-8-26(9-7-24)17-5-3-4-15(10-17)19-13-25(2)14-20-18(19)11-16(22)12-21(20)23/h3-5,10-12,19H,6-9,13-14H2,1-2H3. The lowest BCUT2D eigenvalue weighted by atomic mass is 9.84. The monoisotopic (exact) mass is 389 g/mol. The summed E-state index contributed by atoms with van der Waals surface area (Å²) in [5, 5.41) is 1.50. The van der Waals surface area contributed by atoms with Crippen LogP contribution in [0, 0.1) is 0 Å². The fourth-order valence-corrected chi connectivity index (χ4v) is 4.70. The van der Waals surface area contributed by atoms with Crippen molar-refractivity contribution in [3.05, 3.63) is 63.1 Å². The number of halogens is 2. The van der Waals surface area contributed by atoms with Crippen LogP contribution in [-0.2, 0) is 6.54 Å². The van der Waals surface area contributed by atoms with Gasteiger partial charge >= 0.3 is 0 Å². The van der Waals surface area contributed by atoms with Gasteiger partial charge in [-0.3, -0.25) is 0 Å². The van der Waals surface area contributed by atoms with Gasteiger partial charge in [0, 0.05) is 60.9 Å². The average molecular weight is 390 g/mol. The molecule has 5 heteroatoms. The maximum absolute atomic E-state index is 6.51. The van der Waals surface area contributed by atoms with Crippen LogP contribution >= 0.6 is 23.2 Å². The van der Waals surface area contributed by atoms with Gasteiger partial charge in [0.05, 0.1) is 0 Å². The van der Waals surface area contributed by atoms with E-state index in [1.807, 2.05) is 6.07 Å². The van der Waals surface area contributed by atoms with Crippen molar-refractivity contribution in [3.8, 4) is 0 Å². The Bertz CT molecular complexity index is 800. The fraction of sp³-hybridized carbons (Fsp3) is 0.429. The molecule has 4 rings (SSSR count). The number of nitrogens with zero attached hydrogens (tertiary/aromatic N) is 3. The molecule has 0 saturated carbocycles. The number of hydrogen-bond acceptors (Lipinski definition) is 3. The summed E-state index contributed by atoms with van der Waals surface area (Å²) in [4.78, 5) is 7.22. The molecule has 3 nitrogen and oxygen atoms in total. The van der Waals surface area contributed by atoms with E-state index in [9.17, 15) is 0 Å². The summed E-state index contributed by atoms with van der Waals surface area (Å²) in [5.74, 6) is 0.298. The highest BCUT2D eigenvalue weighted by molar-refractivity contribution is 6.35. The number of benzene rings is 2. The van der Waals surface area contributed by atoms with Crippen LogP contribution in [-0.4, -0.2) is 56.6 Å². The van der Waals surface area contributed by atoms with Gasteiger partial charge in [0.15, 0.2) is 0 Å². The first-order chi connectivity index (χ1) is 12.5. The van der Waals surface area contributed by atoms with Crippen LogP contribution in [0.2, 0.25) is 10.0 Å². The fourth-order valence-electron chi connectivity index (χ4n) is 4.13. The van der Waals surface area contributed by atoms with Gasteiger partial charge in [-0.2, -0.15) is 0 Å². The van der Waals surface area contributed by atoms with Crippen molar-refractivity contribution in [2.75, 3.05) is 51.7 Å². The molecule has 1 fully saturated rings. The SMILES string of the molecule is CN1CCN(c2cccc(C3CN(C)Cc4c(Cl)cc(Cl)cc43)c2)CC1. The smallest absolute Gasteiger partial charge is 0.0468 e. The van der Waals surface area contributed by atoms with Gasteiger partial charge in [-0.1, -0.05) is 35.3 Å². The lowest BCUT2D eigenvalue weighted by Gasteiger charge is -2.36. The Hall–Kier alpha value is -1.26. The minimum Gasteiger partial charge on any atom is -0.369 e. The third kappa shape index (κ3) is 3.59. The predicted octanol–water partition coefficient (Wildman–Crippen LogP) is 4.32. The molecular weight excluding hydrogens is 365 g/mol. The first kappa shape index (κ1) is 18.1. The maximum atomic E-state index is 6.51. The number of rotatable bonds is 2. The molecule has 26 heavy (non-hydrogen) atoms. The molecule has 2 aliphatic rings. The highest BCUT2D eigenvalue weighted by atomic mass is 35.5. The van der Waals surface area contributed by atoms with Crippen LogP contribution in [0.25, 0.3) is 0 Å². The van der Waals surface area contributed by atoms with Crippen LogP contribution < -0.4 is 4.90 Å². The second-order valence-electron chi connectivity index (χ2n) is 7.59. The zero-order valence-electron chi connectivity index (χ0n) is 15.4. The number of piperazine rings is 1. The average Bonchev–Trinajstić information content (AvgIpc) is 2.62. The van der Waals surface area contributed by atoms with Gasteiger partial charge in [0.1, 0.15) is 0 Å². The first-order valence-electron chi connectivity index (χ1n) is 9.21. The zero-order chi connectivity index (χ0) is 18.3. The highest BCUT2D eigenvalue weighted by Gasteiger charge is 2.27. The molecule has 1 atom stereocenters. The Labute approximate surface area is 166 Å². The number of fused-ring (bicyclic) bond motifs is 1. The topological polar surface area (TPSA) is 9.72 Å². The van der Waals surface area contributed by atoms with E-state index in [0.29, 0.717) is 5.92 Å². The van der Waals surface area contributed by atoms with Crippen molar-refractivity contribution >= 4 is 28.9 Å². The molecule has 2 aliphatic heterocycles. The Kier molecular flexibility index (Phi) is 5.15. The molecule has 0 aromatic heterocycles. The second-order valence-corrected chi connectivity index (χ2v) is 8.43. The molecule has 0 spiro atoms. The molecule has 2 aromatic rings. The van der Waals surface area contributed by atoms with Crippen LogP contribution in [0.1, 0.15) is 22.6 Å². The maximum Gasteiger partial charge on any atom is 0.0468 e. The van der Waals surface area contributed by atoms with Crippen LogP contribution in [0.15, 0.2) is 36.4 Å². The molecular formula is C21H25Cl2N3. The van der Waals surface area contributed by atoms with E-state index in [2.05, 4.69) is 59.1 Å². The molecule has 0 radical (unpaired) electrons. The van der Waals surface area contributed by atoms with Gasteiger partial charge in [0.25, 0.3) is 0 Å². The Morgan fingerprint density at radius 1 is 0.923 bits per heavy atom. The molecule has 2 aromatic carbocycles. The van der Waals surface area contributed by atoms with E-state index in [4.69, 9.17) is 23.2 Å². The zero-order valence-corrected chi connectivity index (χ0v) is 16.9. The quantitative estimate of drug-likeness (QED) is 0.756. The molecule has 0 N–H and O–H groups in total. The molecule has 2 heterocycles. The number of anilines is 1. The minimum absolute atomic E-state index is 0.298. The third-order valence-corrected chi connectivity index (χ3v) is 6.19. The van der Waals surface area contributed by atoms with Gasteiger partial charge in [-0.15, -0.1) is 0 Å². The normalized spacial score (nSPS) is 21.7. The summed E-state index contributed by atoms with van der Waals surface area (Å²) < 4.78 is 0. The van der Waals surface area contributed by atoms with E-state index in [1.54, 1.807) is 0 Å². The van der Waals surface area contributed by atoms with Crippen LogP contribution in [0.4, 0.5) is 5.69 Å². The molecule has 1 unspecified atom stereocenters. The molecule has 0 aliphatic carbocycles. The van der Waals surface area contributed by atoms with Crippen molar-refractivity contribution in [1.82, 2.24) is 9.80 Å². The Morgan fingerprint density at radius 3 is 2.46 bits per heavy atom. The number of hydrogen-bond donors (Lipinski definition) is 0. The van der Waals surface area contributed by atoms with Crippen molar-refractivity contribution in [3.63, 3.8) is 0 Å². The predicted molar refractivity (Wildman–Crippen MR) is 111 cm³/mol. The minimum atomic E-state index is 0.298. The summed E-state index contributed by atoms with van der Waals surface area (Å²) in [6.07, 6.45) is 0.